The molecule has 12 nitrogen and oxygen atoms in total. The van der Waals surface area contributed by atoms with Gasteiger partial charge in [-0.1, -0.05) is 18.2 Å². The van der Waals surface area contributed by atoms with Crippen molar-refractivity contribution in [3.05, 3.63) is 60.9 Å². The Morgan fingerprint density at radius 2 is 1.53 bits per heavy atom. The van der Waals surface area contributed by atoms with Crippen molar-refractivity contribution in [2.24, 2.45) is 0 Å². The van der Waals surface area contributed by atoms with Gasteiger partial charge in [0.1, 0.15) is 34.9 Å². The van der Waals surface area contributed by atoms with Crippen LogP contribution < -0.4 is 10.5 Å². The van der Waals surface area contributed by atoms with E-state index in [9.17, 15) is 9.59 Å². The molecule has 2 N–H and O–H groups in total. The zero-order valence-corrected chi connectivity index (χ0v) is 26.1. The van der Waals surface area contributed by atoms with Crippen LogP contribution in [0.2, 0.25) is 0 Å². The molecule has 0 atom stereocenters. The summed E-state index contributed by atoms with van der Waals surface area (Å²) in [6.07, 6.45) is 2.67. The number of piperazine rings is 1. The predicted octanol–water partition coefficient (Wildman–Crippen LogP) is 4.58. The Morgan fingerprint density at radius 1 is 0.867 bits per heavy atom. The van der Waals surface area contributed by atoms with Crippen LogP contribution in [0.4, 0.5) is 10.6 Å². The van der Waals surface area contributed by atoms with Crippen molar-refractivity contribution in [1.82, 2.24) is 34.4 Å². The highest BCUT2D eigenvalue weighted by molar-refractivity contribution is 5.98. The van der Waals surface area contributed by atoms with E-state index in [0.717, 1.165) is 41.0 Å². The smallest absolute Gasteiger partial charge is 0.410 e. The van der Waals surface area contributed by atoms with Gasteiger partial charge in [0.2, 0.25) is 5.91 Å². The Labute approximate surface area is 262 Å². The molecule has 2 aliphatic rings. The molecule has 0 aliphatic carbocycles. The second-order valence-electron chi connectivity index (χ2n) is 12.5. The van der Waals surface area contributed by atoms with E-state index in [2.05, 4.69) is 14.9 Å². The van der Waals surface area contributed by atoms with Gasteiger partial charge in [-0.25, -0.2) is 19.4 Å². The lowest BCUT2D eigenvalue weighted by atomic mass is 10.0. The zero-order valence-electron chi connectivity index (χ0n) is 26.1. The van der Waals surface area contributed by atoms with E-state index >= 15 is 0 Å². The van der Waals surface area contributed by atoms with Crippen LogP contribution in [0.3, 0.4) is 0 Å². The van der Waals surface area contributed by atoms with Crippen molar-refractivity contribution in [3.8, 4) is 22.8 Å². The molecule has 2 aromatic heterocycles. The molecule has 2 amide bonds. The van der Waals surface area contributed by atoms with E-state index in [1.165, 1.54) is 6.33 Å². The first kappa shape index (κ1) is 30.3. The van der Waals surface area contributed by atoms with Crippen LogP contribution >= 0.6 is 0 Å². The Hall–Kier alpha value is -4.71. The third-order valence-corrected chi connectivity index (χ3v) is 8.17. The number of nitrogen functional groups attached to an aromatic ring is 1. The number of amides is 2. The molecular weight excluding hydrogens is 572 g/mol. The monoisotopic (exact) mass is 612 g/mol. The molecule has 2 aliphatic heterocycles. The van der Waals surface area contributed by atoms with Crippen molar-refractivity contribution in [2.75, 3.05) is 51.5 Å². The van der Waals surface area contributed by atoms with Gasteiger partial charge in [-0.2, -0.15) is 5.10 Å². The van der Waals surface area contributed by atoms with Gasteiger partial charge in [-0.3, -0.25) is 9.69 Å². The van der Waals surface area contributed by atoms with E-state index in [1.807, 2.05) is 85.0 Å². The molecule has 4 heterocycles. The molecule has 2 saturated heterocycles. The van der Waals surface area contributed by atoms with Crippen LogP contribution in [0.1, 0.15) is 39.7 Å². The van der Waals surface area contributed by atoms with Crippen LogP contribution in [0.25, 0.3) is 22.3 Å². The number of piperidine rings is 1. The molecule has 236 valence electrons. The molecule has 0 saturated carbocycles. The number of rotatable bonds is 6. The van der Waals surface area contributed by atoms with Gasteiger partial charge in [0, 0.05) is 44.8 Å². The van der Waals surface area contributed by atoms with E-state index in [1.54, 1.807) is 4.90 Å². The summed E-state index contributed by atoms with van der Waals surface area (Å²) < 4.78 is 13.4. The Kier molecular flexibility index (Phi) is 8.57. The molecule has 0 radical (unpaired) electrons. The summed E-state index contributed by atoms with van der Waals surface area (Å²) in [5.41, 5.74) is 8.13. The topological polar surface area (TPSA) is 132 Å². The fraction of sp³-hybridized carbons (Fsp3) is 0.424. The molecule has 4 aromatic rings. The molecule has 2 aromatic carbocycles. The van der Waals surface area contributed by atoms with Crippen LogP contribution in [0, 0.1) is 0 Å². The highest BCUT2D eigenvalue weighted by Crippen LogP contribution is 2.35. The fourth-order valence-corrected chi connectivity index (χ4v) is 5.82. The summed E-state index contributed by atoms with van der Waals surface area (Å²) in [6, 6.07) is 17.5. The minimum absolute atomic E-state index is 0.0673. The van der Waals surface area contributed by atoms with Crippen LogP contribution in [0.5, 0.6) is 11.5 Å². The number of hydrogen-bond acceptors (Lipinski definition) is 9. The van der Waals surface area contributed by atoms with Gasteiger partial charge in [0.15, 0.2) is 5.65 Å². The number of carbonyl (C=O) groups is 2. The molecule has 0 bridgehead atoms. The summed E-state index contributed by atoms with van der Waals surface area (Å²) in [4.78, 5) is 40.2. The number of aromatic nitrogens is 4. The average Bonchev–Trinajstić information content (AvgIpc) is 3.42. The van der Waals surface area contributed by atoms with E-state index in [0.29, 0.717) is 57.3 Å². The maximum Gasteiger partial charge on any atom is 0.410 e. The van der Waals surface area contributed by atoms with Crippen molar-refractivity contribution in [2.45, 2.75) is 45.3 Å². The standard InChI is InChI=1S/C33H40N8O4/c1-33(2,3)45-32(43)40-19-17-38(18-20-40)21-27(42)39-15-13-24(14-16-39)41-31-28(30(34)35-22-36-31)29(37-41)23-9-11-26(12-10-23)44-25-7-5-4-6-8-25/h4-12,22,24H,13-21H2,1-3H3,(H2,34,35,36). The first-order valence-corrected chi connectivity index (χ1v) is 15.4. The quantitative estimate of drug-likeness (QED) is 0.332. The predicted molar refractivity (Wildman–Crippen MR) is 171 cm³/mol. The van der Waals surface area contributed by atoms with Gasteiger partial charge in [0.05, 0.1) is 18.0 Å². The summed E-state index contributed by atoms with van der Waals surface area (Å²) in [6.45, 7) is 9.57. The number of hydrogen-bond donors (Lipinski definition) is 1. The summed E-state index contributed by atoms with van der Waals surface area (Å²) in [5.74, 6) is 1.97. The molecule has 0 unspecified atom stereocenters. The number of fused-ring (bicyclic) bond motifs is 1. The minimum Gasteiger partial charge on any atom is -0.457 e. The molecular formula is C33H40N8O4. The lowest BCUT2D eigenvalue weighted by Gasteiger charge is -2.37. The number of carbonyl (C=O) groups excluding carboxylic acids is 2. The zero-order chi connectivity index (χ0) is 31.6. The summed E-state index contributed by atoms with van der Waals surface area (Å²) in [5, 5.41) is 5.72. The number of nitrogens with two attached hydrogens (primary N) is 1. The highest BCUT2D eigenvalue weighted by atomic mass is 16.6. The van der Waals surface area contributed by atoms with E-state index in [-0.39, 0.29) is 18.0 Å². The molecule has 2 fully saturated rings. The SMILES string of the molecule is CC(C)(C)OC(=O)N1CCN(CC(=O)N2CCC(n3nc(-c4ccc(Oc5ccccc5)cc4)c4c(N)ncnc43)CC2)CC1. The van der Waals surface area contributed by atoms with Gasteiger partial charge >= 0.3 is 6.09 Å². The maximum absolute atomic E-state index is 13.2. The van der Waals surface area contributed by atoms with Crippen molar-refractivity contribution in [1.29, 1.82) is 0 Å². The minimum atomic E-state index is -0.524. The number of anilines is 1. The Balaban J connectivity index is 1.08. The summed E-state index contributed by atoms with van der Waals surface area (Å²) >= 11 is 0. The molecule has 6 rings (SSSR count). The molecule has 0 spiro atoms. The average molecular weight is 613 g/mol. The number of para-hydroxylation sites is 1. The maximum atomic E-state index is 13.2. The van der Waals surface area contributed by atoms with Gasteiger partial charge < -0.3 is 25.0 Å². The highest BCUT2D eigenvalue weighted by Gasteiger charge is 2.30. The normalized spacial score (nSPS) is 16.6. The van der Waals surface area contributed by atoms with Crippen LogP contribution in [-0.2, 0) is 9.53 Å². The van der Waals surface area contributed by atoms with Crippen molar-refractivity contribution in [3.63, 3.8) is 0 Å². The number of benzene rings is 2. The largest absolute Gasteiger partial charge is 0.457 e. The van der Waals surface area contributed by atoms with Gasteiger partial charge in [0.25, 0.3) is 0 Å². The lowest BCUT2D eigenvalue weighted by molar-refractivity contribution is -0.134. The van der Waals surface area contributed by atoms with Crippen LogP contribution in [-0.4, -0.2) is 97.9 Å². The Bertz CT molecular complexity index is 1640. The van der Waals surface area contributed by atoms with Gasteiger partial charge in [-0.15, -0.1) is 0 Å². The second kappa shape index (κ2) is 12.7. The summed E-state index contributed by atoms with van der Waals surface area (Å²) in [7, 11) is 0. The van der Waals surface area contributed by atoms with E-state index < -0.39 is 5.60 Å². The first-order valence-electron chi connectivity index (χ1n) is 15.4. The van der Waals surface area contributed by atoms with Crippen molar-refractivity contribution < 1.29 is 19.1 Å². The van der Waals surface area contributed by atoms with E-state index in [4.69, 9.17) is 20.3 Å². The number of nitrogens with zero attached hydrogens (tertiary/aromatic N) is 7. The second-order valence-corrected chi connectivity index (χ2v) is 12.5. The fourth-order valence-electron chi connectivity index (χ4n) is 5.82. The Morgan fingerprint density at radius 3 is 2.20 bits per heavy atom. The lowest BCUT2D eigenvalue weighted by Crippen LogP contribution is -2.53. The third-order valence-electron chi connectivity index (χ3n) is 8.17. The third kappa shape index (κ3) is 7.01. The number of likely N-dealkylation sites (tertiary alicyclic amines) is 1. The van der Waals surface area contributed by atoms with Gasteiger partial charge in [-0.05, 0) is 70.0 Å². The van der Waals surface area contributed by atoms with Crippen LogP contribution in [0.15, 0.2) is 60.9 Å². The molecule has 12 heteroatoms. The van der Waals surface area contributed by atoms with Crippen molar-refractivity contribution >= 4 is 28.9 Å². The first-order chi connectivity index (χ1) is 21.6. The molecule has 45 heavy (non-hydrogen) atoms. The number of ether oxygens (including phenoxy) is 2.